The molecule has 4 heterocycles. The maximum Gasteiger partial charge on any atom is 0.0737 e. The van der Waals surface area contributed by atoms with Gasteiger partial charge >= 0.3 is 0 Å². The standard InChI is InChI=1S/C30H34Cl2N6/c31-23-3-5-25-27(21-23)33-9-7-29(25)37-13-1-11-35-15-16-36(18-19-37)12-2-14-38(20-17-35)30-8-10-34-28-22-24(32)4-6-26(28)30/h3-10,21-22H,1-2,11-20H2. The molecule has 2 aromatic heterocycles. The van der Waals surface area contributed by atoms with Gasteiger partial charge in [0.15, 0.2) is 0 Å². The number of hydrogen-bond acceptors (Lipinski definition) is 6. The SMILES string of the molecule is Clc1ccc2c(N3CCCN4CCN(CCCN(c5ccnc6cc(Cl)ccc56)CC4)CC3)ccnc2c1. The van der Waals surface area contributed by atoms with Gasteiger partial charge in [0.25, 0.3) is 0 Å². The third-order valence-electron chi connectivity index (χ3n) is 7.95. The van der Waals surface area contributed by atoms with Crippen molar-refractivity contribution >= 4 is 56.4 Å². The lowest BCUT2D eigenvalue weighted by Gasteiger charge is -2.37. The van der Waals surface area contributed by atoms with E-state index in [1.807, 2.05) is 36.7 Å². The summed E-state index contributed by atoms with van der Waals surface area (Å²) in [6, 6.07) is 16.4. The normalized spacial score (nSPS) is 21.6. The van der Waals surface area contributed by atoms with E-state index in [1.165, 1.54) is 22.1 Å². The van der Waals surface area contributed by atoms with E-state index in [4.69, 9.17) is 23.2 Å². The molecule has 0 spiro atoms. The summed E-state index contributed by atoms with van der Waals surface area (Å²) in [6.07, 6.45) is 6.10. The number of pyridine rings is 2. The molecule has 2 saturated heterocycles. The van der Waals surface area contributed by atoms with Crippen LogP contribution in [0.1, 0.15) is 12.8 Å². The molecule has 2 aromatic carbocycles. The highest BCUT2D eigenvalue weighted by Gasteiger charge is 2.20. The minimum atomic E-state index is 0.733. The van der Waals surface area contributed by atoms with Gasteiger partial charge in [-0.15, -0.1) is 0 Å². The average Bonchev–Trinajstić information content (AvgIpc) is 2.93. The Bertz CT molecular complexity index is 1310. The topological polar surface area (TPSA) is 38.7 Å². The summed E-state index contributed by atoms with van der Waals surface area (Å²) < 4.78 is 0. The van der Waals surface area contributed by atoms with Gasteiger partial charge in [0.05, 0.1) is 11.0 Å². The Morgan fingerprint density at radius 3 is 1.42 bits per heavy atom. The molecule has 0 radical (unpaired) electrons. The lowest BCUT2D eigenvalue weighted by Crippen LogP contribution is -2.47. The van der Waals surface area contributed by atoms with Crippen molar-refractivity contribution in [3.05, 3.63) is 71.0 Å². The number of nitrogens with zero attached hydrogens (tertiary/aromatic N) is 6. The van der Waals surface area contributed by atoms with Crippen molar-refractivity contribution in [2.45, 2.75) is 12.8 Å². The second kappa shape index (κ2) is 11.6. The van der Waals surface area contributed by atoms with Gasteiger partial charge in [-0.05, 0) is 74.5 Å². The first kappa shape index (κ1) is 25.6. The monoisotopic (exact) mass is 548 g/mol. The van der Waals surface area contributed by atoms with Gasteiger partial charge < -0.3 is 19.6 Å². The van der Waals surface area contributed by atoms with E-state index < -0.39 is 0 Å². The molecular weight excluding hydrogens is 515 g/mol. The first-order valence-electron chi connectivity index (χ1n) is 13.7. The molecule has 0 N–H and O–H groups in total. The Balaban J connectivity index is 1.21. The molecule has 0 saturated carbocycles. The third-order valence-corrected chi connectivity index (χ3v) is 8.42. The van der Waals surface area contributed by atoms with Crippen molar-refractivity contribution in [3.63, 3.8) is 0 Å². The number of fused-ring (bicyclic) bond motifs is 5. The predicted molar refractivity (Wildman–Crippen MR) is 160 cm³/mol. The number of benzene rings is 2. The molecule has 6 nitrogen and oxygen atoms in total. The number of halogens is 2. The fourth-order valence-electron chi connectivity index (χ4n) is 5.92. The molecule has 2 unspecified atom stereocenters. The van der Waals surface area contributed by atoms with E-state index in [9.17, 15) is 0 Å². The molecule has 38 heavy (non-hydrogen) atoms. The van der Waals surface area contributed by atoms with Gasteiger partial charge in [-0.3, -0.25) is 9.97 Å². The van der Waals surface area contributed by atoms with Crippen molar-refractivity contribution in [1.82, 2.24) is 19.8 Å². The highest BCUT2D eigenvalue weighted by molar-refractivity contribution is 6.31. The Morgan fingerprint density at radius 2 is 0.947 bits per heavy atom. The minimum absolute atomic E-state index is 0.733. The molecule has 4 aromatic rings. The van der Waals surface area contributed by atoms with Gasteiger partial charge in [0, 0.05) is 96.9 Å². The van der Waals surface area contributed by atoms with E-state index in [0.29, 0.717) is 0 Å². The quantitative estimate of drug-likeness (QED) is 0.314. The van der Waals surface area contributed by atoms with Crippen LogP contribution >= 0.6 is 23.2 Å². The van der Waals surface area contributed by atoms with Crippen LogP contribution in [-0.2, 0) is 0 Å². The third kappa shape index (κ3) is 5.69. The Morgan fingerprint density at radius 1 is 0.500 bits per heavy atom. The van der Waals surface area contributed by atoms with Crippen molar-refractivity contribution in [2.75, 3.05) is 75.2 Å². The summed E-state index contributed by atoms with van der Waals surface area (Å²) in [5, 5.41) is 3.83. The summed E-state index contributed by atoms with van der Waals surface area (Å²) in [4.78, 5) is 19.6. The smallest absolute Gasteiger partial charge is 0.0737 e. The zero-order chi connectivity index (χ0) is 25.9. The number of anilines is 2. The van der Waals surface area contributed by atoms with Crippen LogP contribution in [0.25, 0.3) is 21.8 Å². The Kier molecular flexibility index (Phi) is 7.84. The van der Waals surface area contributed by atoms with E-state index in [1.54, 1.807) is 0 Å². The van der Waals surface area contributed by atoms with E-state index in [2.05, 4.69) is 53.8 Å². The molecule has 2 atom stereocenters. The summed E-state index contributed by atoms with van der Waals surface area (Å²) in [7, 11) is 0. The maximum atomic E-state index is 6.26. The highest BCUT2D eigenvalue weighted by Crippen LogP contribution is 2.29. The minimum Gasteiger partial charge on any atom is -0.370 e. The highest BCUT2D eigenvalue weighted by atomic mass is 35.5. The number of hydrogen-bond donors (Lipinski definition) is 0. The lowest BCUT2D eigenvalue weighted by atomic mass is 10.1. The van der Waals surface area contributed by atoms with Crippen LogP contribution in [0, 0.1) is 0 Å². The van der Waals surface area contributed by atoms with Crippen LogP contribution in [0.3, 0.4) is 0 Å². The van der Waals surface area contributed by atoms with Crippen LogP contribution in [0.15, 0.2) is 60.9 Å². The average molecular weight is 550 g/mol. The van der Waals surface area contributed by atoms with Gasteiger partial charge in [-0.25, -0.2) is 0 Å². The fraction of sp³-hybridized carbons (Fsp3) is 0.400. The van der Waals surface area contributed by atoms with Crippen molar-refractivity contribution in [1.29, 1.82) is 0 Å². The molecule has 2 aliphatic rings. The van der Waals surface area contributed by atoms with Crippen LogP contribution in [0.4, 0.5) is 11.4 Å². The predicted octanol–water partition coefficient (Wildman–Crippen LogP) is 5.81. The summed E-state index contributed by atoms with van der Waals surface area (Å²) >= 11 is 12.5. The zero-order valence-corrected chi connectivity index (χ0v) is 23.2. The summed E-state index contributed by atoms with van der Waals surface area (Å²) in [6.45, 7) is 10.7. The van der Waals surface area contributed by atoms with Crippen LogP contribution in [-0.4, -0.2) is 85.2 Å². The molecule has 198 valence electrons. The second-order valence-electron chi connectivity index (χ2n) is 10.3. The summed E-state index contributed by atoms with van der Waals surface area (Å²) in [5.74, 6) is 0. The fourth-order valence-corrected chi connectivity index (χ4v) is 6.25. The molecule has 2 aliphatic heterocycles. The van der Waals surface area contributed by atoms with E-state index in [0.717, 1.165) is 99.4 Å². The summed E-state index contributed by atoms with van der Waals surface area (Å²) in [5.41, 5.74) is 4.46. The first-order valence-corrected chi connectivity index (χ1v) is 14.4. The van der Waals surface area contributed by atoms with Crippen LogP contribution in [0.5, 0.6) is 0 Å². The van der Waals surface area contributed by atoms with Crippen LogP contribution < -0.4 is 9.80 Å². The molecule has 0 amide bonds. The lowest BCUT2D eigenvalue weighted by molar-refractivity contribution is 0.193. The van der Waals surface area contributed by atoms with E-state index in [-0.39, 0.29) is 0 Å². The maximum absolute atomic E-state index is 6.26. The number of aromatic nitrogens is 2. The Hall–Kier alpha value is -2.64. The number of rotatable bonds is 2. The molecule has 2 bridgehead atoms. The Labute approximate surface area is 234 Å². The largest absolute Gasteiger partial charge is 0.370 e. The molecule has 0 aliphatic carbocycles. The van der Waals surface area contributed by atoms with E-state index >= 15 is 0 Å². The van der Waals surface area contributed by atoms with Crippen molar-refractivity contribution in [3.8, 4) is 0 Å². The molecule has 2 fully saturated rings. The second-order valence-corrected chi connectivity index (χ2v) is 11.2. The van der Waals surface area contributed by atoms with Crippen molar-refractivity contribution in [2.24, 2.45) is 0 Å². The zero-order valence-electron chi connectivity index (χ0n) is 21.7. The van der Waals surface area contributed by atoms with Crippen molar-refractivity contribution < 1.29 is 0 Å². The molecule has 8 heteroatoms. The van der Waals surface area contributed by atoms with Gasteiger partial charge in [-0.2, -0.15) is 0 Å². The molecule has 6 rings (SSSR count). The van der Waals surface area contributed by atoms with Gasteiger partial charge in [-0.1, -0.05) is 23.2 Å². The van der Waals surface area contributed by atoms with Gasteiger partial charge in [0.2, 0.25) is 0 Å². The van der Waals surface area contributed by atoms with Gasteiger partial charge in [0.1, 0.15) is 0 Å². The van der Waals surface area contributed by atoms with Crippen LogP contribution in [0.2, 0.25) is 10.0 Å². The molecular formula is C30H34Cl2N6. The first-order chi connectivity index (χ1) is 18.6.